The molecule has 0 atom stereocenters. The molecule has 0 aliphatic heterocycles. The van der Waals surface area contributed by atoms with Crippen LogP contribution in [0.2, 0.25) is 0 Å². The molecule has 29 heavy (non-hydrogen) atoms. The Morgan fingerprint density at radius 3 is 2.72 bits per heavy atom. The molecule has 0 aliphatic rings. The van der Waals surface area contributed by atoms with E-state index in [4.69, 9.17) is 4.42 Å². The molecule has 3 aromatic rings. The Morgan fingerprint density at radius 1 is 1.17 bits per heavy atom. The molecule has 2 amide bonds. The third-order valence-corrected chi connectivity index (χ3v) is 4.45. The Balaban J connectivity index is 1.53. The number of furan rings is 1. The lowest BCUT2D eigenvalue weighted by Gasteiger charge is -2.09. The third-order valence-electron chi connectivity index (χ3n) is 3.45. The van der Waals surface area contributed by atoms with Crippen molar-refractivity contribution >= 4 is 28.2 Å². The van der Waals surface area contributed by atoms with E-state index in [1.54, 1.807) is 24.3 Å². The SMILES string of the molecule is O=C(Nc1ccc(C(=O)NCc2ccnc(OCC(F)(F)F)c2)s1)c1ccco1. The van der Waals surface area contributed by atoms with Crippen LogP contribution in [-0.4, -0.2) is 29.6 Å². The minimum Gasteiger partial charge on any atom is -0.468 e. The van der Waals surface area contributed by atoms with Gasteiger partial charge in [0.05, 0.1) is 16.1 Å². The lowest BCUT2D eigenvalue weighted by molar-refractivity contribution is -0.154. The van der Waals surface area contributed by atoms with E-state index in [9.17, 15) is 22.8 Å². The van der Waals surface area contributed by atoms with E-state index in [-0.39, 0.29) is 18.2 Å². The molecule has 0 saturated carbocycles. The van der Waals surface area contributed by atoms with Gasteiger partial charge in [-0.25, -0.2) is 4.98 Å². The van der Waals surface area contributed by atoms with Crippen molar-refractivity contribution in [1.29, 1.82) is 0 Å². The normalized spacial score (nSPS) is 11.1. The van der Waals surface area contributed by atoms with Gasteiger partial charge in [0.2, 0.25) is 5.88 Å². The highest BCUT2D eigenvalue weighted by atomic mass is 32.1. The van der Waals surface area contributed by atoms with E-state index in [1.165, 1.54) is 24.6 Å². The van der Waals surface area contributed by atoms with E-state index >= 15 is 0 Å². The minimum absolute atomic E-state index is 0.0652. The molecule has 0 bridgehead atoms. The van der Waals surface area contributed by atoms with Crippen LogP contribution in [0.4, 0.5) is 18.2 Å². The first kappa shape index (κ1) is 20.4. The van der Waals surface area contributed by atoms with Gasteiger partial charge in [0, 0.05) is 18.8 Å². The smallest absolute Gasteiger partial charge is 0.422 e. The highest BCUT2D eigenvalue weighted by molar-refractivity contribution is 7.18. The molecule has 3 heterocycles. The predicted molar refractivity (Wildman–Crippen MR) is 97.9 cm³/mol. The van der Waals surface area contributed by atoms with Crippen molar-refractivity contribution < 1.29 is 31.9 Å². The Bertz CT molecular complexity index is 986. The van der Waals surface area contributed by atoms with Gasteiger partial charge < -0.3 is 19.8 Å². The molecule has 0 saturated heterocycles. The summed E-state index contributed by atoms with van der Waals surface area (Å²) in [4.78, 5) is 28.2. The number of aromatic nitrogens is 1. The summed E-state index contributed by atoms with van der Waals surface area (Å²) in [6, 6.07) is 9.08. The Labute approximate surface area is 166 Å². The van der Waals surface area contributed by atoms with Crippen LogP contribution in [0.5, 0.6) is 5.88 Å². The second-order valence-electron chi connectivity index (χ2n) is 5.68. The Morgan fingerprint density at radius 2 is 2.00 bits per heavy atom. The number of hydrogen-bond donors (Lipinski definition) is 2. The first-order valence-corrected chi connectivity index (χ1v) is 8.99. The molecule has 0 aromatic carbocycles. The van der Waals surface area contributed by atoms with Crippen LogP contribution in [-0.2, 0) is 6.54 Å². The number of nitrogens with one attached hydrogen (secondary N) is 2. The van der Waals surface area contributed by atoms with Crippen molar-refractivity contribution in [2.45, 2.75) is 12.7 Å². The third kappa shape index (κ3) is 6.07. The average Bonchev–Trinajstić information content (AvgIpc) is 3.36. The molecule has 3 aromatic heterocycles. The number of ether oxygens (including phenoxy) is 1. The van der Waals surface area contributed by atoms with Crippen molar-refractivity contribution in [3.05, 3.63) is 65.1 Å². The summed E-state index contributed by atoms with van der Waals surface area (Å²) in [5.74, 6) is -0.881. The quantitative estimate of drug-likeness (QED) is 0.600. The van der Waals surface area contributed by atoms with Crippen molar-refractivity contribution in [2.24, 2.45) is 0 Å². The van der Waals surface area contributed by atoms with Gasteiger partial charge in [-0.3, -0.25) is 9.59 Å². The van der Waals surface area contributed by atoms with Gasteiger partial charge in [-0.1, -0.05) is 0 Å². The maximum atomic E-state index is 12.3. The number of nitrogens with zero attached hydrogens (tertiary/aromatic N) is 1. The lowest BCUT2D eigenvalue weighted by atomic mass is 10.2. The summed E-state index contributed by atoms with van der Waals surface area (Å²) in [6.45, 7) is -1.38. The van der Waals surface area contributed by atoms with E-state index in [0.29, 0.717) is 15.4 Å². The second kappa shape index (κ2) is 8.78. The number of amides is 2. The number of alkyl halides is 3. The molecule has 3 rings (SSSR count). The van der Waals surface area contributed by atoms with Gasteiger partial charge in [0.25, 0.3) is 11.8 Å². The number of carbonyl (C=O) groups is 2. The molecule has 0 aliphatic carbocycles. The predicted octanol–water partition coefficient (Wildman–Crippen LogP) is 3.86. The largest absolute Gasteiger partial charge is 0.468 e. The van der Waals surface area contributed by atoms with Crippen LogP contribution in [0.3, 0.4) is 0 Å². The zero-order chi connectivity index (χ0) is 20.9. The summed E-state index contributed by atoms with van der Waals surface area (Å²) < 4.78 is 46.2. The molecule has 0 radical (unpaired) electrons. The zero-order valence-electron chi connectivity index (χ0n) is 14.7. The second-order valence-corrected chi connectivity index (χ2v) is 6.77. The minimum atomic E-state index is -4.46. The molecule has 0 unspecified atom stereocenters. The van der Waals surface area contributed by atoms with E-state index in [1.807, 2.05) is 0 Å². The highest BCUT2D eigenvalue weighted by Gasteiger charge is 2.28. The van der Waals surface area contributed by atoms with Gasteiger partial charge in [0.1, 0.15) is 0 Å². The van der Waals surface area contributed by atoms with Crippen LogP contribution in [0.1, 0.15) is 25.8 Å². The first-order chi connectivity index (χ1) is 13.8. The fourth-order valence-electron chi connectivity index (χ4n) is 2.17. The molecule has 2 N–H and O–H groups in total. The van der Waals surface area contributed by atoms with Crippen molar-refractivity contribution in [3.63, 3.8) is 0 Å². The molecular formula is C18H14F3N3O4S. The number of hydrogen-bond acceptors (Lipinski definition) is 6. The van der Waals surface area contributed by atoms with E-state index in [2.05, 4.69) is 20.4 Å². The fourth-order valence-corrected chi connectivity index (χ4v) is 2.99. The number of thiophene rings is 1. The summed E-state index contributed by atoms with van der Waals surface area (Å²) in [7, 11) is 0. The number of rotatable bonds is 7. The number of pyridine rings is 1. The van der Waals surface area contributed by atoms with Gasteiger partial charge in [0.15, 0.2) is 12.4 Å². The van der Waals surface area contributed by atoms with Crippen LogP contribution < -0.4 is 15.4 Å². The van der Waals surface area contributed by atoms with Crippen LogP contribution >= 0.6 is 11.3 Å². The van der Waals surface area contributed by atoms with Gasteiger partial charge in [-0.05, 0) is 35.9 Å². The summed E-state index contributed by atoms with van der Waals surface area (Å²) in [5.41, 5.74) is 0.522. The maximum absolute atomic E-state index is 12.3. The first-order valence-electron chi connectivity index (χ1n) is 8.17. The van der Waals surface area contributed by atoms with E-state index in [0.717, 1.165) is 11.3 Å². The molecule has 7 nitrogen and oxygen atoms in total. The molecule has 0 fully saturated rings. The monoisotopic (exact) mass is 425 g/mol. The fraction of sp³-hybridized carbons (Fsp3) is 0.167. The Kier molecular flexibility index (Phi) is 6.17. The summed E-state index contributed by atoms with van der Waals surface area (Å²) in [6.07, 6.45) is -1.80. The number of carbonyl (C=O) groups excluding carboxylic acids is 2. The number of halogens is 3. The average molecular weight is 425 g/mol. The van der Waals surface area contributed by atoms with Crippen LogP contribution in [0.15, 0.2) is 53.3 Å². The summed E-state index contributed by atoms with van der Waals surface area (Å²) >= 11 is 1.07. The zero-order valence-corrected chi connectivity index (χ0v) is 15.5. The van der Waals surface area contributed by atoms with Crippen LogP contribution in [0, 0.1) is 0 Å². The maximum Gasteiger partial charge on any atom is 0.422 e. The molecular weight excluding hydrogens is 411 g/mol. The topological polar surface area (TPSA) is 93.5 Å². The van der Waals surface area contributed by atoms with E-state index < -0.39 is 24.6 Å². The van der Waals surface area contributed by atoms with Crippen LogP contribution in [0.25, 0.3) is 0 Å². The van der Waals surface area contributed by atoms with Gasteiger partial charge >= 0.3 is 6.18 Å². The van der Waals surface area contributed by atoms with Crippen molar-refractivity contribution in [2.75, 3.05) is 11.9 Å². The Hall–Kier alpha value is -3.34. The lowest BCUT2D eigenvalue weighted by Crippen LogP contribution is -2.22. The van der Waals surface area contributed by atoms with Crippen molar-refractivity contribution in [3.8, 4) is 5.88 Å². The molecule has 11 heteroatoms. The summed E-state index contributed by atoms with van der Waals surface area (Å²) in [5, 5.41) is 5.72. The number of anilines is 1. The van der Waals surface area contributed by atoms with Crippen molar-refractivity contribution in [1.82, 2.24) is 10.3 Å². The molecule has 0 spiro atoms. The van der Waals surface area contributed by atoms with Gasteiger partial charge in [-0.2, -0.15) is 13.2 Å². The highest BCUT2D eigenvalue weighted by Crippen LogP contribution is 2.23. The molecule has 152 valence electrons. The van der Waals surface area contributed by atoms with Gasteiger partial charge in [-0.15, -0.1) is 11.3 Å². The standard InChI is InChI=1S/C18H14F3N3O4S/c19-18(20,21)10-28-14-8-11(5-6-22-14)9-23-17(26)13-3-4-15(29-13)24-16(25)12-2-1-7-27-12/h1-8H,9-10H2,(H,23,26)(H,24,25).